The fourth-order valence-corrected chi connectivity index (χ4v) is 2.96. The Bertz CT molecular complexity index is 1010. The van der Waals surface area contributed by atoms with Gasteiger partial charge in [-0.05, 0) is 17.7 Å². The Morgan fingerprint density at radius 2 is 1.88 bits per heavy atom. The summed E-state index contributed by atoms with van der Waals surface area (Å²) < 4.78 is 0. The molecule has 0 fully saturated rings. The van der Waals surface area contributed by atoms with E-state index in [-0.39, 0.29) is 6.04 Å². The zero-order valence-corrected chi connectivity index (χ0v) is 14.4. The topological polar surface area (TPSA) is 76.5 Å². The van der Waals surface area contributed by atoms with Crippen LogP contribution in [0, 0.1) is 0 Å². The molecule has 0 amide bonds. The molecule has 6 nitrogen and oxygen atoms in total. The third kappa shape index (κ3) is 3.49. The molecule has 4 rings (SSSR count). The molecule has 4 aromatic rings. The molecule has 0 bridgehead atoms. The summed E-state index contributed by atoms with van der Waals surface area (Å²) in [6.07, 6.45) is 7.56. The van der Waals surface area contributed by atoms with E-state index in [0.717, 1.165) is 28.8 Å². The molecule has 2 aromatic carbocycles. The van der Waals surface area contributed by atoms with Gasteiger partial charge in [-0.1, -0.05) is 42.5 Å². The van der Waals surface area contributed by atoms with E-state index >= 15 is 0 Å². The third-order valence-electron chi connectivity index (χ3n) is 4.13. The zero-order chi connectivity index (χ0) is 17.8. The minimum atomic E-state index is 0.108. The Labute approximate surface area is 151 Å². The molecule has 1 atom stereocenters. The van der Waals surface area contributed by atoms with Crippen molar-refractivity contribution < 1.29 is 0 Å². The third-order valence-corrected chi connectivity index (χ3v) is 4.13. The SMILES string of the molecule is C[C@H](Cc1cnccn1)Nc1nncc(-c2cccc3ccccc23)n1. The second-order valence-electron chi connectivity index (χ2n) is 6.14. The molecule has 0 spiro atoms. The first-order chi connectivity index (χ1) is 12.8. The molecule has 0 aliphatic carbocycles. The highest BCUT2D eigenvalue weighted by molar-refractivity contribution is 5.95. The van der Waals surface area contributed by atoms with Crippen LogP contribution in [-0.2, 0) is 6.42 Å². The van der Waals surface area contributed by atoms with Gasteiger partial charge in [0.25, 0.3) is 0 Å². The summed E-state index contributed by atoms with van der Waals surface area (Å²) in [5.41, 5.74) is 2.76. The van der Waals surface area contributed by atoms with Crippen LogP contribution in [0.4, 0.5) is 5.95 Å². The molecular formula is C20H18N6. The lowest BCUT2D eigenvalue weighted by molar-refractivity contribution is 0.748. The lowest BCUT2D eigenvalue weighted by Gasteiger charge is -2.13. The average Bonchev–Trinajstić information content (AvgIpc) is 2.68. The van der Waals surface area contributed by atoms with Crippen molar-refractivity contribution in [3.63, 3.8) is 0 Å². The quantitative estimate of drug-likeness (QED) is 0.598. The molecule has 0 radical (unpaired) electrons. The molecule has 0 unspecified atom stereocenters. The second kappa shape index (κ2) is 7.23. The van der Waals surface area contributed by atoms with Crippen LogP contribution in [0.3, 0.4) is 0 Å². The maximum Gasteiger partial charge on any atom is 0.243 e. The number of rotatable bonds is 5. The summed E-state index contributed by atoms with van der Waals surface area (Å²) >= 11 is 0. The molecule has 0 saturated carbocycles. The van der Waals surface area contributed by atoms with Crippen LogP contribution in [0.1, 0.15) is 12.6 Å². The van der Waals surface area contributed by atoms with Crippen LogP contribution in [0.25, 0.3) is 22.0 Å². The largest absolute Gasteiger partial charge is 0.350 e. The highest BCUT2D eigenvalue weighted by Gasteiger charge is 2.10. The van der Waals surface area contributed by atoms with Gasteiger partial charge >= 0.3 is 0 Å². The Morgan fingerprint density at radius 3 is 2.77 bits per heavy atom. The van der Waals surface area contributed by atoms with Crippen molar-refractivity contribution in [1.29, 1.82) is 0 Å². The van der Waals surface area contributed by atoms with E-state index in [1.165, 1.54) is 5.39 Å². The smallest absolute Gasteiger partial charge is 0.243 e. The fourth-order valence-electron chi connectivity index (χ4n) is 2.96. The minimum absolute atomic E-state index is 0.108. The Kier molecular flexibility index (Phi) is 4.47. The average molecular weight is 342 g/mol. The summed E-state index contributed by atoms with van der Waals surface area (Å²) in [5.74, 6) is 0.506. The van der Waals surface area contributed by atoms with E-state index < -0.39 is 0 Å². The van der Waals surface area contributed by atoms with E-state index in [1.807, 2.05) is 18.2 Å². The van der Waals surface area contributed by atoms with Gasteiger partial charge in [-0.2, -0.15) is 5.10 Å². The van der Waals surface area contributed by atoms with E-state index in [2.05, 4.69) is 61.7 Å². The van der Waals surface area contributed by atoms with Crippen molar-refractivity contribution in [2.24, 2.45) is 0 Å². The van der Waals surface area contributed by atoms with Crippen molar-refractivity contribution >= 4 is 16.7 Å². The van der Waals surface area contributed by atoms with Gasteiger partial charge in [0.2, 0.25) is 5.95 Å². The van der Waals surface area contributed by atoms with Gasteiger partial charge in [0.05, 0.1) is 17.6 Å². The summed E-state index contributed by atoms with van der Waals surface area (Å²) in [6.45, 7) is 2.06. The minimum Gasteiger partial charge on any atom is -0.350 e. The van der Waals surface area contributed by atoms with Crippen LogP contribution in [-0.4, -0.2) is 31.2 Å². The lowest BCUT2D eigenvalue weighted by atomic mass is 10.0. The summed E-state index contributed by atoms with van der Waals surface area (Å²) in [5, 5.41) is 13.9. The zero-order valence-electron chi connectivity index (χ0n) is 14.4. The van der Waals surface area contributed by atoms with Gasteiger partial charge in [0.15, 0.2) is 0 Å². The van der Waals surface area contributed by atoms with E-state index in [9.17, 15) is 0 Å². The number of hydrogen-bond acceptors (Lipinski definition) is 6. The number of nitrogens with one attached hydrogen (secondary N) is 1. The highest BCUT2D eigenvalue weighted by atomic mass is 15.2. The summed E-state index contributed by atoms with van der Waals surface area (Å²) in [7, 11) is 0. The monoisotopic (exact) mass is 342 g/mol. The molecule has 0 aliphatic rings. The Balaban J connectivity index is 1.58. The van der Waals surface area contributed by atoms with Crippen LogP contribution >= 0.6 is 0 Å². The van der Waals surface area contributed by atoms with Crippen molar-refractivity contribution in [3.8, 4) is 11.3 Å². The normalized spacial score (nSPS) is 12.0. The second-order valence-corrected chi connectivity index (χ2v) is 6.14. The molecule has 1 N–H and O–H groups in total. The number of aromatic nitrogens is 5. The van der Waals surface area contributed by atoms with Gasteiger partial charge < -0.3 is 5.32 Å². The fraction of sp³-hybridized carbons (Fsp3) is 0.150. The van der Waals surface area contributed by atoms with Crippen molar-refractivity contribution in [3.05, 3.63) is 72.9 Å². The van der Waals surface area contributed by atoms with Crippen molar-refractivity contribution in [2.75, 3.05) is 5.32 Å². The molecule has 2 heterocycles. The number of hydrogen-bond donors (Lipinski definition) is 1. The standard InChI is InChI=1S/C20H18N6/c1-14(11-16-12-21-9-10-22-16)24-20-25-19(13-23-26-20)18-8-4-6-15-5-2-3-7-17(15)18/h2-10,12-14H,11H2,1H3,(H,24,25,26)/t14-/m1/s1. The molecule has 26 heavy (non-hydrogen) atoms. The molecule has 0 saturated heterocycles. The van der Waals surface area contributed by atoms with E-state index in [1.54, 1.807) is 24.8 Å². The maximum atomic E-state index is 4.65. The van der Waals surface area contributed by atoms with Gasteiger partial charge in [0, 0.05) is 36.6 Å². The Hall–Kier alpha value is -3.41. The van der Waals surface area contributed by atoms with Crippen molar-refractivity contribution in [1.82, 2.24) is 25.1 Å². The molecule has 128 valence electrons. The molecule has 6 heteroatoms. The molecular weight excluding hydrogens is 324 g/mol. The van der Waals surface area contributed by atoms with Gasteiger partial charge in [-0.3, -0.25) is 9.97 Å². The summed E-state index contributed by atoms with van der Waals surface area (Å²) in [6, 6.07) is 14.5. The van der Waals surface area contributed by atoms with E-state index in [0.29, 0.717) is 5.95 Å². The van der Waals surface area contributed by atoms with Crippen LogP contribution in [0.2, 0.25) is 0 Å². The van der Waals surface area contributed by atoms with Crippen LogP contribution in [0.5, 0.6) is 0 Å². The predicted octanol–water partition coefficient (Wildman–Crippen LogP) is 3.52. The summed E-state index contributed by atoms with van der Waals surface area (Å²) in [4.78, 5) is 13.0. The van der Waals surface area contributed by atoms with Crippen molar-refractivity contribution in [2.45, 2.75) is 19.4 Å². The molecule has 0 aliphatic heterocycles. The number of benzene rings is 2. The lowest BCUT2D eigenvalue weighted by Crippen LogP contribution is -2.20. The number of anilines is 1. The van der Waals surface area contributed by atoms with Gasteiger partial charge in [0.1, 0.15) is 0 Å². The highest BCUT2D eigenvalue weighted by Crippen LogP contribution is 2.27. The van der Waals surface area contributed by atoms with Crippen LogP contribution in [0.15, 0.2) is 67.3 Å². The maximum absolute atomic E-state index is 4.65. The van der Waals surface area contributed by atoms with Gasteiger partial charge in [-0.25, -0.2) is 4.98 Å². The Morgan fingerprint density at radius 1 is 1.00 bits per heavy atom. The first-order valence-electron chi connectivity index (χ1n) is 8.49. The van der Waals surface area contributed by atoms with Gasteiger partial charge in [-0.15, -0.1) is 5.10 Å². The first-order valence-corrected chi connectivity index (χ1v) is 8.49. The van der Waals surface area contributed by atoms with Crippen LogP contribution < -0.4 is 5.32 Å². The first kappa shape index (κ1) is 16.1. The number of fused-ring (bicyclic) bond motifs is 1. The predicted molar refractivity (Wildman–Crippen MR) is 102 cm³/mol. The van der Waals surface area contributed by atoms with E-state index in [4.69, 9.17) is 0 Å². The number of nitrogens with zero attached hydrogens (tertiary/aromatic N) is 5. The molecule has 2 aromatic heterocycles.